The van der Waals surface area contributed by atoms with Gasteiger partial charge in [-0.2, -0.15) is 0 Å². The largest absolute Gasteiger partial charge is 0.0804 e. The van der Waals surface area contributed by atoms with Crippen molar-refractivity contribution in [3.8, 4) is 11.1 Å². The third-order valence-corrected chi connectivity index (χ3v) is 5.05. The lowest BCUT2D eigenvalue weighted by atomic mass is 9.85. The van der Waals surface area contributed by atoms with Gasteiger partial charge >= 0.3 is 0 Å². The molecule has 0 saturated heterocycles. The van der Waals surface area contributed by atoms with E-state index in [0.717, 1.165) is 12.3 Å². The maximum atomic E-state index is 2.46. The lowest BCUT2D eigenvalue weighted by Gasteiger charge is -2.20. The van der Waals surface area contributed by atoms with Crippen LogP contribution in [0.5, 0.6) is 0 Å². The molecule has 2 aromatic rings. The normalized spacial score (nSPS) is 18.1. The second-order valence-corrected chi connectivity index (χ2v) is 6.41. The Morgan fingerprint density at radius 2 is 1.41 bits per heavy atom. The van der Waals surface area contributed by atoms with E-state index < -0.39 is 0 Å². The molecule has 1 atom stereocenters. The van der Waals surface area contributed by atoms with Crippen molar-refractivity contribution >= 4 is 5.57 Å². The van der Waals surface area contributed by atoms with Gasteiger partial charge in [-0.25, -0.2) is 0 Å². The minimum absolute atomic E-state index is 0.903. The Morgan fingerprint density at radius 1 is 0.818 bits per heavy atom. The van der Waals surface area contributed by atoms with Gasteiger partial charge in [0.25, 0.3) is 0 Å². The van der Waals surface area contributed by atoms with Crippen LogP contribution in [-0.2, 0) is 6.42 Å². The van der Waals surface area contributed by atoms with Gasteiger partial charge in [0.15, 0.2) is 0 Å². The number of benzene rings is 2. The molecule has 0 bridgehead atoms. The highest BCUT2D eigenvalue weighted by Gasteiger charge is 2.13. The van der Waals surface area contributed by atoms with Gasteiger partial charge in [-0.1, -0.05) is 74.9 Å². The zero-order chi connectivity index (χ0) is 15.4. The summed E-state index contributed by atoms with van der Waals surface area (Å²) in [7, 11) is 0. The Labute approximate surface area is 134 Å². The summed E-state index contributed by atoms with van der Waals surface area (Å²) < 4.78 is 0. The molecule has 0 nitrogen and oxygen atoms in total. The number of aryl methyl sites for hydroxylation is 1. The van der Waals surface area contributed by atoms with Crippen LogP contribution in [0.2, 0.25) is 0 Å². The van der Waals surface area contributed by atoms with E-state index in [0.29, 0.717) is 0 Å². The van der Waals surface area contributed by atoms with E-state index >= 15 is 0 Å². The lowest BCUT2D eigenvalue weighted by molar-refractivity contribution is 0.471. The summed E-state index contributed by atoms with van der Waals surface area (Å²) in [5.74, 6) is 0.903. The molecule has 1 unspecified atom stereocenters. The maximum absolute atomic E-state index is 2.46. The second-order valence-electron chi connectivity index (χ2n) is 6.41. The Kier molecular flexibility index (Phi) is 4.77. The third kappa shape index (κ3) is 3.32. The van der Waals surface area contributed by atoms with Gasteiger partial charge in [0.1, 0.15) is 0 Å². The van der Waals surface area contributed by atoms with Crippen LogP contribution in [-0.4, -0.2) is 0 Å². The second kappa shape index (κ2) is 6.96. The molecule has 0 amide bonds. The quantitative estimate of drug-likeness (QED) is 0.602. The third-order valence-electron chi connectivity index (χ3n) is 5.05. The van der Waals surface area contributed by atoms with Crippen molar-refractivity contribution in [2.24, 2.45) is 5.92 Å². The number of hydrogen-bond donors (Lipinski definition) is 0. The van der Waals surface area contributed by atoms with Crippen molar-refractivity contribution in [1.82, 2.24) is 0 Å². The van der Waals surface area contributed by atoms with Gasteiger partial charge in [0, 0.05) is 0 Å². The fraction of sp³-hybridized carbons (Fsp3) is 0.364. The predicted molar refractivity (Wildman–Crippen MR) is 96.9 cm³/mol. The van der Waals surface area contributed by atoms with Crippen molar-refractivity contribution in [2.75, 3.05) is 0 Å². The Bertz CT molecular complexity index is 629. The molecular weight excluding hydrogens is 264 g/mol. The Morgan fingerprint density at radius 3 is 1.91 bits per heavy atom. The molecule has 0 heterocycles. The minimum Gasteiger partial charge on any atom is -0.0804 e. The molecule has 0 radical (unpaired) electrons. The van der Waals surface area contributed by atoms with Gasteiger partial charge in [0.2, 0.25) is 0 Å². The fourth-order valence-corrected chi connectivity index (χ4v) is 3.33. The molecule has 114 valence electrons. The molecule has 22 heavy (non-hydrogen) atoms. The van der Waals surface area contributed by atoms with Crippen LogP contribution in [0.1, 0.15) is 50.7 Å². The molecule has 1 aliphatic rings. The van der Waals surface area contributed by atoms with Gasteiger partial charge in [-0.15, -0.1) is 0 Å². The minimum atomic E-state index is 0.903. The molecule has 0 saturated carbocycles. The van der Waals surface area contributed by atoms with Crippen LogP contribution >= 0.6 is 0 Å². The lowest BCUT2D eigenvalue weighted by Crippen LogP contribution is -2.03. The van der Waals surface area contributed by atoms with Crippen LogP contribution < -0.4 is 0 Å². The van der Waals surface area contributed by atoms with E-state index in [1.807, 2.05) is 0 Å². The SMILES string of the molecule is CCc1ccc(-c2ccc(C3=CCC(CC)CC3)cc2)cc1. The molecular formula is C22H26. The molecule has 0 heteroatoms. The van der Waals surface area contributed by atoms with Gasteiger partial charge in [-0.3, -0.25) is 0 Å². The van der Waals surface area contributed by atoms with Crippen LogP contribution in [0.4, 0.5) is 0 Å². The average molecular weight is 290 g/mol. The average Bonchev–Trinajstić information content (AvgIpc) is 2.62. The molecule has 0 N–H and O–H groups in total. The van der Waals surface area contributed by atoms with Crippen LogP contribution in [0.15, 0.2) is 54.6 Å². The van der Waals surface area contributed by atoms with Crippen LogP contribution in [0, 0.1) is 5.92 Å². The zero-order valence-corrected chi connectivity index (χ0v) is 13.8. The monoisotopic (exact) mass is 290 g/mol. The highest BCUT2D eigenvalue weighted by Crippen LogP contribution is 2.32. The van der Waals surface area contributed by atoms with Crippen molar-refractivity contribution in [2.45, 2.75) is 46.0 Å². The van der Waals surface area contributed by atoms with E-state index in [9.17, 15) is 0 Å². The zero-order valence-electron chi connectivity index (χ0n) is 13.8. The fourth-order valence-electron chi connectivity index (χ4n) is 3.33. The van der Waals surface area contributed by atoms with Crippen LogP contribution in [0.3, 0.4) is 0 Å². The van der Waals surface area contributed by atoms with E-state index in [1.165, 1.54) is 53.5 Å². The smallest absolute Gasteiger partial charge is 0.0184 e. The highest BCUT2D eigenvalue weighted by atomic mass is 14.2. The first kappa shape index (κ1) is 15.1. The topological polar surface area (TPSA) is 0 Å². The molecule has 2 aromatic carbocycles. The van der Waals surface area contributed by atoms with Crippen molar-refractivity contribution in [1.29, 1.82) is 0 Å². The summed E-state index contributed by atoms with van der Waals surface area (Å²) in [6, 6.07) is 18.1. The first-order valence-corrected chi connectivity index (χ1v) is 8.69. The Hall–Kier alpha value is -1.82. The molecule has 0 spiro atoms. The summed E-state index contributed by atoms with van der Waals surface area (Å²) in [4.78, 5) is 0. The van der Waals surface area contributed by atoms with Crippen molar-refractivity contribution in [3.05, 3.63) is 65.7 Å². The molecule has 1 aliphatic carbocycles. The summed E-state index contributed by atoms with van der Waals surface area (Å²) in [5, 5.41) is 0. The summed E-state index contributed by atoms with van der Waals surface area (Å²) in [6.45, 7) is 4.51. The van der Waals surface area contributed by atoms with Gasteiger partial charge in [-0.05, 0) is 59.4 Å². The van der Waals surface area contributed by atoms with E-state index in [2.05, 4.69) is 68.5 Å². The van der Waals surface area contributed by atoms with E-state index in [4.69, 9.17) is 0 Å². The van der Waals surface area contributed by atoms with Gasteiger partial charge < -0.3 is 0 Å². The number of allylic oxidation sites excluding steroid dienone is 2. The maximum Gasteiger partial charge on any atom is -0.0184 e. The van der Waals surface area contributed by atoms with E-state index in [1.54, 1.807) is 0 Å². The van der Waals surface area contributed by atoms with Crippen molar-refractivity contribution in [3.63, 3.8) is 0 Å². The predicted octanol–water partition coefficient (Wildman–Crippen LogP) is 6.51. The molecule has 3 rings (SSSR count). The van der Waals surface area contributed by atoms with Crippen LogP contribution in [0.25, 0.3) is 16.7 Å². The first-order chi connectivity index (χ1) is 10.8. The Balaban J connectivity index is 1.76. The number of rotatable bonds is 4. The standard InChI is InChI=1S/C22H26/c1-3-17-5-9-19(10-6-17)21-13-15-22(16-14-21)20-11-7-18(4-2)8-12-20/h5-6,9-11,13-16,18H,3-4,7-8,12H2,1-2H3. The summed E-state index contributed by atoms with van der Waals surface area (Å²) >= 11 is 0. The molecule has 0 fully saturated rings. The van der Waals surface area contributed by atoms with E-state index in [-0.39, 0.29) is 0 Å². The van der Waals surface area contributed by atoms with Gasteiger partial charge in [0.05, 0.1) is 0 Å². The first-order valence-electron chi connectivity index (χ1n) is 8.69. The summed E-state index contributed by atoms with van der Waals surface area (Å²) in [5.41, 5.74) is 6.97. The number of hydrogen-bond acceptors (Lipinski definition) is 0. The molecule has 0 aliphatic heterocycles. The van der Waals surface area contributed by atoms with Crippen molar-refractivity contribution < 1.29 is 0 Å². The molecule has 0 aromatic heterocycles. The summed E-state index contributed by atoms with van der Waals surface area (Å²) in [6.07, 6.45) is 8.73. The highest BCUT2D eigenvalue weighted by molar-refractivity contribution is 5.71.